The van der Waals surface area contributed by atoms with E-state index >= 15 is 0 Å². The van der Waals surface area contributed by atoms with Crippen molar-refractivity contribution < 1.29 is 0 Å². The molecule has 0 aliphatic heterocycles. The average Bonchev–Trinajstić information content (AvgIpc) is 2.85. The molecule has 2 heterocycles. The van der Waals surface area contributed by atoms with Gasteiger partial charge in [-0.05, 0) is 44.5 Å². The number of hydrogen-bond acceptors (Lipinski definition) is 3. The molecule has 0 bridgehead atoms. The van der Waals surface area contributed by atoms with Gasteiger partial charge in [-0.25, -0.2) is 4.98 Å². The van der Waals surface area contributed by atoms with Crippen molar-refractivity contribution in [3.63, 3.8) is 0 Å². The molecule has 0 fully saturated rings. The zero-order chi connectivity index (χ0) is 14.4. The molecule has 3 aromatic rings. The number of fused-ring (bicyclic) bond motifs is 1. The summed E-state index contributed by atoms with van der Waals surface area (Å²) in [5.74, 6) is 0.740. The van der Waals surface area contributed by atoms with Crippen LogP contribution in [0.25, 0.3) is 17.0 Å². The summed E-state index contributed by atoms with van der Waals surface area (Å²) < 4.78 is 1.92. The number of hydrogen-bond donors (Lipinski definition) is 0. The van der Waals surface area contributed by atoms with Gasteiger partial charge in [0.05, 0.1) is 5.69 Å². The van der Waals surface area contributed by atoms with Crippen LogP contribution >= 0.6 is 23.2 Å². The first-order chi connectivity index (χ1) is 9.49. The SMILES string of the molecule is Cc1cc(-c2nnc3c(Cl)nc(C)c(C)n23)ccc1Cl. The molecule has 0 amide bonds. The number of aromatic nitrogens is 4. The third-order valence-corrected chi connectivity index (χ3v) is 4.07. The molecular formula is C14H12Cl2N4. The van der Waals surface area contributed by atoms with E-state index in [1.807, 2.05) is 43.4 Å². The molecule has 102 valence electrons. The maximum Gasteiger partial charge on any atom is 0.199 e. The summed E-state index contributed by atoms with van der Waals surface area (Å²) in [5.41, 5.74) is 4.34. The van der Waals surface area contributed by atoms with E-state index in [1.54, 1.807) is 0 Å². The van der Waals surface area contributed by atoms with Gasteiger partial charge < -0.3 is 0 Å². The molecule has 0 saturated heterocycles. The quantitative estimate of drug-likeness (QED) is 0.682. The van der Waals surface area contributed by atoms with Crippen molar-refractivity contribution in [1.29, 1.82) is 0 Å². The van der Waals surface area contributed by atoms with Crippen molar-refractivity contribution in [1.82, 2.24) is 19.6 Å². The lowest BCUT2D eigenvalue weighted by Gasteiger charge is -2.08. The van der Waals surface area contributed by atoms with Crippen molar-refractivity contribution in [2.75, 3.05) is 0 Å². The van der Waals surface area contributed by atoms with Gasteiger partial charge >= 0.3 is 0 Å². The van der Waals surface area contributed by atoms with E-state index in [1.165, 1.54) is 0 Å². The summed E-state index contributed by atoms with van der Waals surface area (Å²) in [6, 6.07) is 5.77. The van der Waals surface area contributed by atoms with Gasteiger partial charge in [0.15, 0.2) is 16.6 Å². The van der Waals surface area contributed by atoms with Gasteiger partial charge in [-0.2, -0.15) is 0 Å². The Morgan fingerprint density at radius 2 is 1.80 bits per heavy atom. The molecule has 3 rings (SSSR count). The minimum atomic E-state index is 0.359. The van der Waals surface area contributed by atoms with E-state index in [-0.39, 0.29) is 0 Å². The molecular weight excluding hydrogens is 295 g/mol. The van der Waals surface area contributed by atoms with E-state index in [9.17, 15) is 0 Å². The van der Waals surface area contributed by atoms with Crippen LogP contribution in [-0.2, 0) is 0 Å². The molecule has 20 heavy (non-hydrogen) atoms. The maximum atomic E-state index is 6.14. The van der Waals surface area contributed by atoms with Crippen LogP contribution in [0.5, 0.6) is 0 Å². The molecule has 2 aromatic heterocycles. The summed E-state index contributed by atoms with van der Waals surface area (Å²) in [6.45, 7) is 5.85. The smallest absolute Gasteiger partial charge is 0.199 e. The molecule has 0 radical (unpaired) electrons. The lowest BCUT2D eigenvalue weighted by atomic mass is 10.1. The van der Waals surface area contributed by atoms with Crippen molar-refractivity contribution in [3.05, 3.63) is 45.3 Å². The van der Waals surface area contributed by atoms with Gasteiger partial charge in [-0.15, -0.1) is 10.2 Å². The second-order valence-electron chi connectivity index (χ2n) is 4.72. The van der Waals surface area contributed by atoms with Gasteiger partial charge in [-0.3, -0.25) is 4.40 Å². The van der Waals surface area contributed by atoms with Crippen LogP contribution in [0.1, 0.15) is 17.0 Å². The highest BCUT2D eigenvalue weighted by Gasteiger charge is 2.15. The van der Waals surface area contributed by atoms with E-state index in [0.717, 1.165) is 33.4 Å². The molecule has 0 unspecified atom stereocenters. The topological polar surface area (TPSA) is 43.1 Å². The molecule has 0 aliphatic carbocycles. The summed E-state index contributed by atoms with van der Waals surface area (Å²) >= 11 is 12.2. The fourth-order valence-electron chi connectivity index (χ4n) is 2.15. The first kappa shape index (κ1) is 13.3. The summed E-state index contributed by atoms with van der Waals surface area (Å²) in [6.07, 6.45) is 0. The monoisotopic (exact) mass is 306 g/mol. The number of rotatable bonds is 1. The molecule has 4 nitrogen and oxygen atoms in total. The lowest BCUT2D eigenvalue weighted by Crippen LogP contribution is -2.01. The molecule has 1 aromatic carbocycles. The molecule has 0 spiro atoms. The van der Waals surface area contributed by atoms with Gasteiger partial charge in [0.2, 0.25) is 0 Å². The summed E-state index contributed by atoms with van der Waals surface area (Å²) in [4.78, 5) is 4.26. The third-order valence-electron chi connectivity index (χ3n) is 3.39. The Balaban J connectivity index is 2.34. The average molecular weight is 307 g/mol. The van der Waals surface area contributed by atoms with Crippen molar-refractivity contribution in [2.45, 2.75) is 20.8 Å². The fraction of sp³-hybridized carbons (Fsp3) is 0.214. The Hall–Kier alpha value is -1.65. The second kappa shape index (κ2) is 4.72. The highest BCUT2D eigenvalue weighted by molar-refractivity contribution is 6.32. The third kappa shape index (κ3) is 1.96. The van der Waals surface area contributed by atoms with Crippen LogP contribution in [0, 0.1) is 20.8 Å². The number of benzene rings is 1. The second-order valence-corrected chi connectivity index (χ2v) is 5.49. The van der Waals surface area contributed by atoms with Gasteiger partial charge in [0.1, 0.15) is 0 Å². The first-order valence-electron chi connectivity index (χ1n) is 6.13. The number of nitrogens with zero attached hydrogens (tertiary/aromatic N) is 4. The summed E-state index contributed by atoms with van der Waals surface area (Å²) in [5, 5.41) is 9.47. The summed E-state index contributed by atoms with van der Waals surface area (Å²) in [7, 11) is 0. The Morgan fingerprint density at radius 3 is 2.50 bits per heavy atom. The van der Waals surface area contributed by atoms with Crippen LogP contribution in [0.2, 0.25) is 10.2 Å². The highest BCUT2D eigenvalue weighted by Crippen LogP contribution is 2.27. The normalized spacial score (nSPS) is 11.2. The zero-order valence-corrected chi connectivity index (χ0v) is 12.8. The molecule has 6 heteroatoms. The van der Waals surface area contributed by atoms with Crippen LogP contribution in [0.4, 0.5) is 0 Å². The molecule has 0 saturated carbocycles. The molecule has 0 N–H and O–H groups in total. The minimum absolute atomic E-state index is 0.359. The predicted molar refractivity (Wildman–Crippen MR) is 80.4 cm³/mol. The number of aryl methyl sites for hydroxylation is 3. The lowest BCUT2D eigenvalue weighted by molar-refractivity contribution is 1.000. The first-order valence-corrected chi connectivity index (χ1v) is 6.89. The van der Waals surface area contributed by atoms with Crippen LogP contribution in [-0.4, -0.2) is 19.6 Å². The van der Waals surface area contributed by atoms with E-state index < -0.39 is 0 Å². The van der Waals surface area contributed by atoms with Crippen molar-refractivity contribution >= 4 is 28.8 Å². The minimum Gasteiger partial charge on any atom is -0.275 e. The van der Waals surface area contributed by atoms with Crippen LogP contribution in [0.15, 0.2) is 18.2 Å². The van der Waals surface area contributed by atoms with Crippen LogP contribution in [0.3, 0.4) is 0 Å². The Labute approximate surface area is 126 Å². The van der Waals surface area contributed by atoms with Gasteiger partial charge in [0, 0.05) is 16.3 Å². The Kier molecular flexibility index (Phi) is 3.15. The molecule has 0 aliphatic rings. The maximum absolute atomic E-state index is 6.14. The van der Waals surface area contributed by atoms with Crippen molar-refractivity contribution in [3.8, 4) is 11.4 Å². The Bertz CT molecular complexity index is 824. The van der Waals surface area contributed by atoms with E-state index in [0.29, 0.717) is 10.8 Å². The molecule has 0 atom stereocenters. The van der Waals surface area contributed by atoms with E-state index in [4.69, 9.17) is 23.2 Å². The van der Waals surface area contributed by atoms with Crippen LogP contribution < -0.4 is 0 Å². The highest BCUT2D eigenvalue weighted by atomic mass is 35.5. The van der Waals surface area contributed by atoms with Gasteiger partial charge in [0.25, 0.3) is 0 Å². The predicted octanol–water partition coefficient (Wildman–Crippen LogP) is 4.02. The van der Waals surface area contributed by atoms with Gasteiger partial charge in [-0.1, -0.05) is 23.2 Å². The zero-order valence-electron chi connectivity index (χ0n) is 11.3. The standard InChI is InChI=1S/C14H12Cl2N4/c1-7-6-10(4-5-11(7)15)13-18-19-14-12(16)17-8(2)9(3)20(13)14/h4-6H,1-3H3. The Morgan fingerprint density at radius 1 is 1.05 bits per heavy atom. The largest absolute Gasteiger partial charge is 0.275 e. The number of halogens is 2. The van der Waals surface area contributed by atoms with E-state index in [2.05, 4.69) is 15.2 Å². The fourth-order valence-corrected chi connectivity index (χ4v) is 2.51. The van der Waals surface area contributed by atoms with Crippen molar-refractivity contribution in [2.24, 2.45) is 0 Å².